The third kappa shape index (κ3) is 2.66. The van der Waals surface area contributed by atoms with E-state index in [0.29, 0.717) is 18.9 Å². The van der Waals surface area contributed by atoms with Gasteiger partial charge in [0.25, 0.3) is 5.56 Å². The molecule has 0 spiro atoms. The highest BCUT2D eigenvalue weighted by Crippen LogP contribution is 2.31. The van der Waals surface area contributed by atoms with E-state index in [0.717, 1.165) is 4.57 Å². The Kier molecular flexibility index (Phi) is 3.70. The lowest BCUT2D eigenvalue weighted by Crippen LogP contribution is -2.59. The maximum absolute atomic E-state index is 12.2. The summed E-state index contributed by atoms with van der Waals surface area (Å²) in [5, 5.41) is 9.39. The molecule has 0 aliphatic carbocycles. The summed E-state index contributed by atoms with van der Waals surface area (Å²) in [7, 11) is 2.95. The van der Waals surface area contributed by atoms with Gasteiger partial charge >= 0.3 is 5.69 Å². The minimum Gasteiger partial charge on any atom is -0.366 e. The zero-order valence-electron chi connectivity index (χ0n) is 13.9. The molecule has 1 aromatic rings. The van der Waals surface area contributed by atoms with Crippen molar-refractivity contribution in [1.29, 1.82) is 5.26 Å². The molecule has 0 bridgehead atoms. The van der Waals surface area contributed by atoms with E-state index in [4.69, 9.17) is 4.74 Å². The average molecular weight is 306 g/mol. The Morgan fingerprint density at radius 2 is 1.55 bits per heavy atom. The highest BCUT2D eigenvalue weighted by atomic mass is 16.5. The van der Waals surface area contributed by atoms with Gasteiger partial charge < -0.3 is 9.64 Å². The van der Waals surface area contributed by atoms with Crippen molar-refractivity contribution in [2.24, 2.45) is 14.1 Å². The first-order chi connectivity index (χ1) is 9.99. The molecular weight excluding hydrogens is 284 g/mol. The highest BCUT2D eigenvalue weighted by Gasteiger charge is 2.40. The number of nitriles is 1. The molecule has 1 aromatic heterocycles. The monoisotopic (exact) mass is 306 g/mol. The van der Waals surface area contributed by atoms with Gasteiger partial charge in [-0.25, -0.2) is 4.79 Å². The first-order valence-electron chi connectivity index (χ1n) is 7.14. The van der Waals surface area contributed by atoms with Crippen LogP contribution in [0.3, 0.4) is 0 Å². The summed E-state index contributed by atoms with van der Waals surface area (Å²) < 4.78 is 8.33. The molecule has 120 valence electrons. The predicted octanol–water partition coefficient (Wildman–Crippen LogP) is 0.349. The van der Waals surface area contributed by atoms with Crippen LogP contribution in [0.25, 0.3) is 0 Å². The fourth-order valence-corrected chi connectivity index (χ4v) is 3.24. The lowest BCUT2D eigenvalue weighted by molar-refractivity contribution is -0.133. The molecule has 1 saturated heterocycles. The average Bonchev–Trinajstić information content (AvgIpc) is 2.36. The number of ether oxygens (including phenoxy) is 1. The summed E-state index contributed by atoms with van der Waals surface area (Å²) >= 11 is 0. The number of anilines is 1. The molecule has 0 N–H and O–H groups in total. The molecule has 0 saturated carbocycles. The van der Waals surface area contributed by atoms with Crippen LogP contribution in [0.1, 0.15) is 33.3 Å². The molecule has 2 heterocycles. The molecular formula is C15H22N4O3. The second kappa shape index (κ2) is 4.99. The fourth-order valence-electron chi connectivity index (χ4n) is 3.24. The second-order valence-electron chi connectivity index (χ2n) is 6.99. The maximum Gasteiger partial charge on any atom is 0.332 e. The maximum atomic E-state index is 12.2. The van der Waals surface area contributed by atoms with Crippen LogP contribution in [-0.2, 0) is 18.8 Å². The van der Waals surface area contributed by atoms with E-state index in [1.165, 1.54) is 11.6 Å². The van der Waals surface area contributed by atoms with E-state index in [-0.39, 0.29) is 5.56 Å². The van der Waals surface area contributed by atoms with Crippen LogP contribution in [0.4, 0.5) is 5.82 Å². The van der Waals surface area contributed by atoms with Gasteiger partial charge in [-0.1, -0.05) is 0 Å². The van der Waals surface area contributed by atoms with Gasteiger partial charge in [0.1, 0.15) is 11.9 Å². The molecule has 0 radical (unpaired) electrons. The van der Waals surface area contributed by atoms with Gasteiger partial charge in [-0.15, -0.1) is 0 Å². The van der Waals surface area contributed by atoms with E-state index >= 15 is 0 Å². The van der Waals surface area contributed by atoms with Crippen LogP contribution in [-0.4, -0.2) is 33.4 Å². The standard InChI is InChI=1S/C15H22N4O3/c1-14(2)8-19(9-15(3,4)22-14)11-10(7-16)12(20)18(6)13(21)17(11)5/h8-9H2,1-6H3. The van der Waals surface area contributed by atoms with Crippen LogP contribution >= 0.6 is 0 Å². The van der Waals surface area contributed by atoms with Gasteiger partial charge in [0.15, 0.2) is 5.56 Å². The lowest BCUT2D eigenvalue weighted by atomic mass is 9.98. The lowest BCUT2D eigenvalue weighted by Gasteiger charge is -2.48. The van der Waals surface area contributed by atoms with Crippen molar-refractivity contribution < 1.29 is 4.74 Å². The Bertz CT molecular complexity index is 749. The zero-order chi connectivity index (χ0) is 16.9. The number of rotatable bonds is 1. The number of hydrogen-bond donors (Lipinski definition) is 0. The van der Waals surface area contributed by atoms with Crippen molar-refractivity contribution in [3.63, 3.8) is 0 Å². The molecule has 1 fully saturated rings. The molecule has 1 aliphatic heterocycles. The van der Waals surface area contributed by atoms with E-state index in [1.54, 1.807) is 7.05 Å². The van der Waals surface area contributed by atoms with E-state index in [9.17, 15) is 14.9 Å². The number of hydrogen-bond acceptors (Lipinski definition) is 5. The third-order valence-corrected chi connectivity index (χ3v) is 3.74. The SMILES string of the molecule is Cn1c(N2CC(C)(C)OC(C)(C)C2)c(C#N)c(=O)n(C)c1=O. The van der Waals surface area contributed by atoms with Crippen molar-refractivity contribution in [2.45, 2.75) is 38.9 Å². The fraction of sp³-hybridized carbons (Fsp3) is 0.667. The quantitative estimate of drug-likeness (QED) is 0.748. The van der Waals surface area contributed by atoms with Crippen molar-refractivity contribution in [3.05, 3.63) is 26.4 Å². The summed E-state index contributed by atoms with van der Waals surface area (Å²) in [6, 6.07) is 1.95. The second-order valence-corrected chi connectivity index (χ2v) is 6.99. The summed E-state index contributed by atoms with van der Waals surface area (Å²) in [6.07, 6.45) is 0. The zero-order valence-corrected chi connectivity index (χ0v) is 13.9. The molecule has 7 heteroatoms. The van der Waals surface area contributed by atoms with Crippen molar-refractivity contribution in [3.8, 4) is 6.07 Å². The first kappa shape index (κ1) is 16.3. The Morgan fingerprint density at radius 1 is 1.05 bits per heavy atom. The molecule has 7 nitrogen and oxygen atoms in total. The van der Waals surface area contributed by atoms with Crippen LogP contribution in [0.15, 0.2) is 9.59 Å². The van der Waals surface area contributed by atoms with Gasteiger partial charge in [-0.05, 0) is 27.7 Å². The highest BCUT2D eigenvalue weighted by molar-refractivity contribution is 5.54. The Labute approximate surface area is 129 Å². The molecule has 0 aromatic carbocycles. The molecule has 2 rings (SSSR count). The van der Waals surface area contributed by atoms with E-state index in [2.05, 4.69) is 0 Å². The summed E-state index contributed by atoms with van der Waals surface area (Å²) in [5.74, 6) is 0.361. The summed E-state index contributed by atoms with van der Waals surface area (Å²) in [4.78, 5) is 26.3. The molecule has 22 heavy (non-hydrogen) atoms. The van der Waals surface area contributed by atoms with Crippen LogP contribution < -0.4 is 16.1 Å². The third-order valence-electron chi connectivity index (χ3n) is 3.74. The van der Waals surface area contributed by atoms with E-state index < -0.39 is 22.5 Å². The largest absolute Gasteiger partial charge is 0.366 e. The normalized spacial score (nSPS) is 19.8. The molecule has 0 unspecified atom stereocenters. The molecule has 0 atom stereocenters. The molecule has 1 aliphatic rings. The topological polar surface area (TPSA) is 80.3 Å². The van der Waals surface area contributed by atoms with Gasteiger partial charge in [0.2, 0.25) is 0 Å². The molecule has 0 amide bonds. The van der Waals surface area contributed by atoms with Gasteiger partial charge in [-0.3, -0.25) is 13.9 Å². The van der Waals surface area contributed by atoms with Crippen LogP contribution in [0, 0.1) is 11.3 Å². The number of aromatic nitrogens is 2. The Balaban J connectivity index is 2.70. The Hall–Kier alpha value is -2.07. The summed E-state index contributed by atoms with van der Waals surface area (Å²) in [6.45, 7) is 8.79. The van der Waals surface area contributed by atoms with Crippen LogP contribution in [0.2, 0.25) is 0 Å². The number of nitrogens with zero attached hydrogens (tertiary/aromatic N) is 4. The predicted molar refractivity (Wildman–Crippen MR) is 83.1 cm³/mol. The van der Waals surface area contributed by atoms with Gasteiger partial charge in [0.05, 0.1) is 11.2 Å². The van der Waals surface area contributed by atoms with Crippen LogP contribution in [0.5, 0.6) is 0 Å². The minimum atomic E-state index is -0.567. The smallest absolute Gasteiger partial charge is 0.332 e. The number of morpholine rings is 1. The van der Waals surface area contributed by atoms with Gasteiger partial charge in [-0.2, -0.15) is 5.26 Å². The first-order valence-corrected chi connectivity index (χ1v) is 7.14. The van der Waals surface area contributed by atoms with Crippen molar-refractivity contribution in [2.75, 3.05) is 18.0 Å². The van der Waals surface area contributed by atoms with Crippen molar-refractivity contribution in [1.82, 2.24) is 9.13 Å². The Morgan fingerprint density at radius 3 is 2.00 bits per heavy atom. The summed E-state index contributed by atoms with van der Waals surface area (Å²) in [5.41, 5.74) is -1.93. The van der Waals surface area contributed by atoms with E-state index in [1.807, 2.05) is 38.7 Å². The van der Waals surface area contributed by atoms with Gasteiger partial charge in [0, 0.05) is 27.2 Å². The van der Waals surface area contributed by atoms with Crippen molar-refractivity contribution >= 4 is 5.82 Å². The minimum absolute atomic E-state index is 0.0156.